The van der Waals surface area contributed by atoms with E-state index in [4.69, 9.17) is 11.6 Å². The fourth-order valence-corrected chi connectivity index (χ4v) is 3.18. The zero-order valence-corrected chi connectivity index (χ0v) is 13.9. The first-order valence-electron chi connectivity index (χ1n) is 5.97. The van der Waals surface area contributed by atoms with Crippen molar-refractivity contribution in [2.75, 3.05) is 0 Å². The molecule has 0 saturated carbocycles. The van der Waals surface area contributed by atoms with Gasteiger partial charge in [0.15, 0.2) is 0 Å². The number of thioether (sulfide) groups is 1. The van der Waals surface area contributed by atoms with E-state index in [1.165, 1.54) is 4.90 Å². The molecule has 5 heteroatoms. The highest BCUT2D eigenvalue weighted by Crippen LogP contribution is 2.29. The minimum absolute atomic E-state index is 0.354. The van der Waals surface area contributed by atoms with E-state index in [0.717, 1.165) is 16.0 Å². The molecule has 0 spiro atoms. The lowest BCUT2D eigenvalue weighted by atomic mass is 10.1. The van der Waals surface area contributed by atoms with Crippen LogP contribution in [0.25, 0.3) is 0 Å². The van der Waals surface area contributed by atoms with E-state index in [1.54, 1.807) is 11.8 Å². The second kappa shape index (κ2) is 6.73. The van der Waals surface area contributed by atoms with Crippen LogP contribution in [-0.2, 0) is 5.75 Å². The van der Waals surface area contributed by atoms with Crippen LogP contribution in [0.4, 0.5) is 0 Å². The normalized spacial score (nSPS) is 11.0. The fraction of sp³-hybridized carbons (Fsp3) is 0.286. The maximum absolute atomic E-state index is 6.04. The summed E-state index contributed by atoms with van der Waals surface area (Å²) in [5.74, 6) is 1.84. The van der Waals surface area contributed by atoms with Gasteiger partial charge in [-0.15, -0.1) is 11.8 Å². The largest absolute Gasteiger partial charge is 0.237 e. The van der Waals surface area contributed by atoms with E-state index in [-0.39, 0.29) is 0 Å². The minimum Gasteiger partial charge on any atom is -0.237 e. The molecule has 0 N–H and O–H groups in total. The predicted molar refractivity (Wildman–Crippen MR) is 84.8 cm³/mol. The van der Waals surface area contributed by atoms with E-state index in [0.29, 0.717) is 16.8 Å². The van der Waals surface area contributed by atoms with Crippen molar-refractivity contribution < 1.29 is 0 Å². The Hall–Kier alpha value is -0.580. The average Bonchev–Trinajstić information content (AvgIpc) is 2.37. The van der Waals surface area contributed by atoms with Crippen LogP contribution < -0.4 is 0 Å². The Morgan fingerprint density at radius 2 is 2.00 bits per heavy atom. The van der Waals surface area contributed by atoms with Crippen LogP contribution in [0.2, 0.25) is 5.15 Å². The third-order valence-electron chi connectivity index (χ3n) is 2.55. The lowest BCUT2D eigenvalue weighted by molar-refractivity contribution is 0.799. The molecule has 0 aliphatic carbocycles. The van der Waals surface area contributed by atoms with Crippen molar-refractivity contribution in [2.24, 2.45) is 0 Å². The molecule has 19 heavy (non-hydrogen) atoms. The molecule has 0 fully saturated rings. The van der Waals surface area contributed by atoms with Crippen LogP contribution in [0.5, 0.6) is 0 Å². The summed E-state index contributed by atoms with van der Waals surface area (Å²) in [5, 5.41) is 0.515. The number of aromatic nitrogens is 2. The molecule has 1 aromatic carbocycles. The second-order valence-corrected chi connectivity index (χ2v) is 6.66. The number of hydrogen-bond acceptors (Lipinski definition) is 3. The van der Waals surface area contributed by atoms with Crippen molar-refractivity contribution in [3.63, 3.8) is 0 Å². The number of nitrogens with zero attached hydrogens (tertiary/aromatic N) is 2. The molecule has 2 aromatic rings. The highest BCUT2D eigenvalue weighted by atomic mass is 79.9. The fourth-order valence-electron chi connectivity index (χ4n) is 1.55. The maximum atomic E-state index is 6.04. The molecular formula is C14H14BrClN2S. The molecule has 0 aliphatic heterocycles. The summed E-state index contributed by atoms with van der Waals surface area (Å²) in [5.41, 5.74) is 0.989. The molecule has 1 aromatic heterocycles. The van der Waals surface area contributed by atoms with Gasteiger partial charge in [0.1, 0.15) is 11.0 Å². The first-order valence-corrected chi connectivity index (χ1v) is 8.12. The highest BCUT2D eigenvalue weighted by Gasteiger charge is 2.08. The van der Waals surface area contributed by atoms with Crippen LogP contribution in [0.1, 0.15) is 31.3 Å². The van der Waals surface area contributed by atoms with Crippen LogP contribution in [0, 0.1) is 0 Å². The predicted octanol–water partition coefficient (Wildman–Crippen LogP) is 5.31. The number of hydrogen-bond donors (Lipinski definition) is 0. The topological polar surface area (TPSA) is 25.8 Å². The van der Waals surface area contributed by atoms with Gasteiger partial charge in [0.2, 0.25) is 0 Å². The van der Waals surface area contributed by atoms with E-state index in [9.17, 15) is 0 Å². The summed E-state index contributed by atoms with van der Waals surface area (Å²) in [4.78, 5) is 10.0. The van der Waals surface area contributed by atoms with Crippen molar-refractivity contribution >= 4 is 39.3 Å². The summed E-state index contributed by atoms with van der Waals surface area (Å²) in [6.07, 6.45) is 0. The smallest absolute Gasteiger partial charge is 0.140 e. The Labute approximate surface area is 131 Å². The summed E-state index contributed by atoms with van der Waals surface area (Å²) >= 11 is 11.3. The van der Waals surface area contributed by atoms with Crippen LogP contribution >= 0.6 is 39.3 Å². The molecule has 0 atom stereocenters. The van der Waals surface area contributed by atoms with Crippen LogP contribution in [0.15, 0.2) is 39.7 Å². The van der Waals surface area contributed by atoms with Crippen molar-refractivity contribution in [1.29, 1.82) is 0 Å². The third kappa shape index (κ3) is 4.20. The van der Waals surface area contributed by atoms with Crippen molar-refractivity contribution in [3.05, 3.63) is 51.5 Å². The van der Waals surface area contributed by atoms with E-state index in [1.807, 2.05) is 24.3 Å². The summed E-state index contributed by atoms with van der Waals surface area (Å²) < 4.78 is 1.09. The number of benzene rings is 1. The Balaban J connectivity index is 2.14. The molecule has 0 saturated heterocycles. The lowest BCUT2D eigenvalue weighted by Gasteiger charge is -2.08. The molecule has 0 amide bonds. The average molecular weight is 358 g/mol. The van der Waals surface area contributed by atoms with Gasteiger partial charge in [0, 0.05) is 15.1 Å². The Morgan fingerprint density at radius 1 is 1.26 bits per heavy atom. The Kier molecular flexibility index (Phi) is 5.25. The van der Waals surface area contributed by atoms with Gasteiger partial charge in [-0.25, -0.2) is 9.97 Å². The van der Waals surface area contributed by atoms with Gasteiger partial charge in [-0.1, -0.05) is 37.6 Å². The van der Waals surface area contributed by atoms with Gasteiger partial charge >= 0.3 is 0 Å². The first kappa shape index (κ1) is 14.8. The Bertz CT molecular complexity index is 575. The van der Waals surface area contributed by atoms with Gasteiger partial charge in [-0.2, -0.15) is 0 Å². The SMILES string of the molecule is CC(C)c1cc(Cl)nc(CSc2ccccc2Br)n1. The molecule has 0 radical (unpaired) electrons. The molecule has 0 aliphatic rings. The number of halogens is 2. The van der Waals surface area contributed by atoms with Crippen molar-refractivity contribution in [1.82, 2.24) is 9.97 Å². The molecule has 0 unspecified atom stereocenters. The lowest BCUT2D eigenvalue weighted by Crippen LogP contribution is -2.00. The highest BCUT2D eigenvalue weighted by molar-refractivity contribution is 9.10. The molecule has 0 bridgehead atoms. The Morgan fingerprint density at radius 3 is 2.68 bits per heavy atom. The van der Waals surface area contributed by atoms with Gasteiger partial charge in [0.05, 0.1) is 5.75 Å². The van der Waals surface area contributed by atoms with Gasteiger partial charge in [-0.3, -0.25) is 0 Å². The molecule has 2 rings (SSSR count). The number of rotatable bonds is 4. The standard InChI is InChI=1S/C14H14BrClN2S/c1-9(2)11-7-13(16)18-14(17-11)8-19-12-6-4-3-5-10(12)15/h3-7,9H,8H2,1-2H3. The monoisotopic (exact) mass is 356 g/mol. The molecule has 100 valence electrons. The molecular weight excluding hydrogens is 344 g/mol. The molecule has 1 heterocycles. The minimum atomic E-state index is 0.354. The zero-order valence-electron chi connectivity index (χ0n) is 10.7. The quantitative estimate of drug-likeness (QED) is 0.548. The van der Waals surface area contributed by atoms with Crippen molar-refractivity contribution in [2.45, 2.75) is 30.4 Å². The van der Waals surface area contributed by atoms with Crippen molar-refractivity contribution in [3.8, 4) is 0 Å². The summed E-state index contributed by atoms with van der Waals surface area (Å²) in [7, 11) is 0. The van der Waals surface area contributed by atoms with Crippen LogP contribution in [0.3, 0.4) is 0 Å². The first-order chi connectivity index (χ1) is 9.06. The van der Waals surface area contributed by atoms with E-state index < -0.39 is 0 Å². The van der Waals surface area contributed by atoms with E-state index >= 15 is 0 Å². The third-order valence-corrected chi connectivity index (χ3v) is 4.76. The zero-order chi connectivity index (χ0) is 13.8. The van der Waals surface area contributed by atoms with Crippen LogP contribution in [-0.4, -0.2) is 9.97 Å². The maximum Gasteiger partial charge on any atom is 0.140 e. The second-order valence-electron chi connectivity index (χ2n) is 4.41. The van der Waals surface area contributed by atoms with E-state index in [2.05, 4.69) is 45.8 Å². The molecule has 2 nitrogen and oxygen atoms in total. The summed E-state index contributed by atoms with van der Waals surface area (Å²) in [6.45, 7) is 4.20. The summed E-state index contributed by atoms with van der Waals surface area (Å²) in [6, 6.07) is 9.95. The van der Waals surface area contributed by atoms with Gasteiger partial charge in [0.25, 0.3) is 0 Å². The van der Waals surface area contributed by atoms with Gasteiger partial charge < -0.3 is 0 Å². The van der Waals surface area contributed by atoms with Gasteiger partial charge in [-0.05, 0) is 40.0 Å².